The van der Waals surface area contributed by atoms with E-state index in [0.29, 0.717) is 12.1 Å². The number of ether oxygens (including phenoxy) is 1. The number of nitrogens with zero attached hydrogens (tertiary/aromatic N) is 1. The van der Waals surface area contributed by atoms with Crippen LogP contribution >= 0.6 is 0 Å². The van der Waals surface area contributed by atoms with Crippen molar-refractivity contribution in [3.8, 4) is 11.8 Å². The summed E-state index contributed by atoms with van der Waals surface area (Å²) in [7, 11) is 0. The Bertz CT molecular complexity index is 614. The van der Waals surface area contributed by atoms with E-state index in [2.05, 4.69) is 16.6 Å². The fourth-order valence-corrected chi connectivity index (χ4v) is 1.39. The number of carbonyl (C=O) groups is 1. The van der Waals surface area contributed by atoms with Gasteiger partial charge < -0.3 is 4.74 Å². The third-order valence-electron chi connectivity index (χ3n) is 2.28. The molecule has 112 valence electrons. The third kappa shape index (κ3) is 4.80. The number of alkyl halides is 3. The Balaban J connectivity index is 3.06. The SMILES string of the molecule is CCOC(=O)CC#Cc1ccc(C(F)(F)F)cc1[N+](=O)[O-]. The largest absolute Gasteiger partial charge is 0.465 e. The first-order valence-corrected chi connectivity index (χ1v) is 5.75. The van der Waals surface area contributed by atoms with Gasteiger partial charge in [0, 0.05) is 6.07 Å². The smallest absolute Gasteiger partial charge is 0.416 e. The summed E-state index contributed by atoms with van der Waals surface area (Å²) in [5.74, 6) is 4.02. The number of rotatable bonds is 3. The van der Waals surface area contributed by atoms with Crippen LogP contribution in [0.5, 0.6) is 0 Å². The molecule has 0 unspecified atom stereocenters. The number of hydrogen-bond donors (Lipinski definition) is 0. The number of esters is 1. The Kier molecular flexibility index (Phi) is 5.30. The van der Waals surface area contributed by atoms with Gasteiger partial charge in [0.25, 0.3) is 5.69 Å². The van der Waals surface area contributed by atoms with Crippen molar-refractivity contribution in [1.82, 2.24) is 0 Å². The summed E-state index contributed by atoms with van der Waals surface area (Å²) in [6.45, 7) is 1.77. The Hall–Kier alpha value is -2.56. The van der Waals surface area contributed by atoms with Crippen LogP contribution in [0, 0.1) is 22.0 Å². The highest BCUT2D eigenvalue weighted by atomic mass is 19.4. The zero-order chi connectivity index (χ0) is 16.0. The van der Waals surface area contributed by atoms with Gasteiger partial charge >= 0.3 is 12.1 Å². The highest BCUT2D eigenvalue weighted by molar-refractivity contribution is 5.72. The van der Waals surface area contributed by atoms with E-state index in [1.165, 1.54) is 0 Å². The van der Waals surface area contributed by atoms with Crippen LogP contribution in [0.3, 0.4) is 0 Å². The second-order valence-corrected chi connectivity index (χ2v) is 3.77. The predicted octanol–water partition coefficient (Wildman–Crippen LogP) is 2.92. The standard InChI is InChI=1S/C13H10F3NO4/c1-2-21-12(18)5-3-4-9-6-7-10(13(14,15)16)8-11(9)17(19)20/h6-8H,2,5H2,1H3. The van der Waals surface area contributed by atoms with Crippen molar-refractivity contribution in [2.45, 2.75) is 19.5 Å². The minimum atomic E-state index is -4.68. The second kappa shape index (κ2) is 6.74. The number of halogens is 3. The molecule has 0 saturated carbocycles. The van der Waals surface area contributed by atoms with Gasteiger partial charge in [0.05, 0.1) is 17.1 Å². The maximum Gasteiger partial charge on any atom is 0.416 e. The summed E-state index contributed by atoms with van der Waals surface area (Å²) in [4.78, 5) is 20.9. The molecule has 0 heterocycles. The van der Waals surface area contributed by atoms with Gasteiger partial charge in [0.1, 0.15) is 12.0 Å². The van der Waals surface area contributed by atoms with Crippen molar-refractivity contribution in [2.75, 3.05) is 6.61 Å². The molecule has 0 amide bonds. The lowest BCUT2D eigenvalue weighted by Crippen LogP contribution is -2.06. The average Bonchev–Trinajstić information content (AvgIpc) is 2.37. The van der Waals surface area contributed by atoms with E-state index in [9.17, 15) is 28.1 Å². The van der Waals surface area contributed by atoms with E-state index in [4.69, 9.17) is 0 Å². The predicted molar refractivity (Wildman–Crippen MR) is 66.2 cm³/mol. The zero-order valence-corrected chi connectivity index (χ0v) is 10.9. The number of hydrogen-bond acceptors (Lipinski definition) is 4. The van der Waals surface area contributed by atoms with Crippen LogP contribution in [-0.2, 0) is 15.7 Å². The monoisotopic (exact) mass is 301 g/mol. The lowest BCUT2D eigenvalue weighted by Gasteiger charge is -2.06. The van der Waals surface area contributed by atoms with Gasteiger partial charge in [-0.05, 0) is 19.1 Å². The molecule has 0 saturated heterocycles. The quantitative estimate of drug-likeness (QED) is 0.372. The van der Waals surface area contributed by atoms with Crippen molar-refractivity contribution in [1.29, 1.82) is 0 Å². The van der Waals surface area contributed by atoms with E-state index in [0.717, 1.165) is 6.07 Å². The molecule has 1 aromatic carbocycles. The van der Waals surface area contributed by atoms with Crippen molar-refractivity contribution < 1.29 is 27.6 Å². The normalized spacial score (nSPS) is 10.5. The lowest BCUT2D eigenvalue weighted by atomic mass is 10.1. The Morgan fingerprint density at radius 2 is 2.10 bits per heavy atom. The van der Waals surface area contributed by atoms with E-state index >= 15 is 0 Å². The molecule has 1 rings (SSSR count). The summed E-state index contributed by atoms with van der Waals surface area (Å²) in [5, 5.41) is 10.8. The first-order valence-electron chi connectivity index (χ1n) is 5.75. The molecule has 1 aromatic rings. The minimum Gasteiger partial charge on any atom is -0.465 e. The molecule has 0 radical (unpaired) electrons. The van der Waals surface area contributed by atoms with Gasteiger partial charge in [-0.1, -0.05) is 11.8 Å². The molecular weight excluding hydrogens is 291 g/mol. The van der Waals surface area contributed by atoms with Gasteiger partial charge in [-0.25, -0.2) is 0 Å². The molecule has 0 aliphatic heterocycles. The van der Waals surface area contributed by atoms with Crippen LogP contribution < -0.4 is 0 Å². The van der Waals surface area contributed by atoms with Crippen LogP contribution in [0.4, 0.5) is 18.9 Å². The Morgan fingerprint density at radius 1 is 1.43 bits per heavy atom. The minimum absolute atomic E-state index is 0.168. The van der Waals surface area contributed by atoms with E-state index in [-0.39, 0.29) is 18.6 Å². The number of benzene rings is 1. The summed E-state index contributed by atoms with van der Waals surface area (Å²) in [6, 6.07) is 2.01. The van der Waals surface area contributed by atoms with Gasteiger partial charge in [0.15, 0.2) is 0 Å². The second-order valence-electron chi connectivity index (χ2n) is 3.77. The van der Waals surface area contributed by atoms with Gasteiger partial charge in [-0.15, -0.1) is 0 Å². The molecule has 0 N–H and O–H groups in total. The van der Waals surface area contributed by atoms with Crippen LogP contribution in [0.1, 0.15) is 24.5 Å². The van der Waals surface area contributed by atoms with Gasteiger partial charge in [-0.2, -0.15) is 13.2 Å². The molecular formula is C13H10F3NO4. The van der Waals surface area contributed by atoms with E-state index in [1.54, 1.807) is 6.92 Å². The van der Waals surface area contributed by atoms with Crippen molar-refractivity contribution in [2.24, 2.45) is 0 Å². The number of nitro benzene ring substituents is 1. The summed E-state index contributed by atoms with van der Waals surface area (Å²) < 4.78 is 42.1. The summed E-state index contributed by atoms with van der Waals surface area (Å²) in [5.41, 5.74) is -2.09. The van der Waals surface area contributed by atoms with Crippen molar-refractivity contribution >= 4 is 11.7 Å². The molecule has 0 bridgehead atoms. The zero-order valence-electron chi connectivity index (χ0n) is 10.9. The molecule has 0 aliphatic carbocycles. The van der Waals surface area contributed by atoms with Crippen LogP contribution in [0.15, 0.2) is 18.2 Å². The molecule has 0 spiro atoms. The van der Waals surface area contributed by atoms with Crippen LogP contribution in [0.2, 0.25) is 0 Å². The first kappa shape index (κ1) is 16.5. The Labute approximate surface area is 117 Å². The van der Waals surface area contributed by atoms with Gasteiger partial charge in [0.2, 0.25) is 0 Å². The number of nitro groups is 1. The molecule has 0 atom stereocenters. The maximum absolute atomic E-state index is 12.5. The van der Waals surface area contributed by atoms with Crippen molar-refractivity contribution in [3.05, 3.63) is 39.4 Å². The molecule has 0 aromatic heterocycles. The fourth-order valence-electron chi connectivity index (χ4n) is 1.39. The molecule has 5 nitrogen and oxygen atoms in total. The van der Waals surface area contributed by atoms with Crippen LogP contribution in [-0.4, -0.2) is 17.5 Å². The van der Waals surface area contributed by atoms with Crippen LogP contribution in [0.25, 0.3) is 0 Å². The van der Waals surface area contributed by atoms with E-state index < -0.39 is 28.3 Å². The maximum atomic E-state index is 12.5. The molecule has 21 heavy (non-hydrogen) atoms. The van der Waals surface area contributed by atoms with Crippen molar-refractivity contribution in [3.63, 3.8) is 0 Å². The lowest BCUT2D eigenvalue weighted by molar-refractivity contribution is -0.385. The number of carbonyl (C=O) groups excluding carboxylic acids is 1. The molecule has 0 aliphatic rings. The highest BCUT2D eigenvalue weighted by Crippen LogP contribution is 2.32. The highest BCUT2D eigenvalue weighted by Gasteiger charge is 2.32. The molecule has 0 fully saturated rings. The fraction of sp³-hybridized carbons (Fsp3) is 0.308. The topological polar surface area (TPSA) is 69.4 Å². The van der Waals surface area contributed by atoms with Gasteiger partial charge in [-0.3, -0.25) is 14.9 Å². The Morgan fingerprint density at radius 3 is 2.62 bits per heavy atom. The summed E-state index contributed by atoms with van der Waals surface area (Å²) in [6.07, 6.45) is -4.98. The first-order chi connectivity index (χ1) is 9.75. The average molecular weight is 301 g/mol. The third-order valence-corrected chi connectivity index (χ3v) is 2.28. The molecule has 8 heteroatoms. The summed E-state index contributed by atoms with van der Waals surface area (Å²) >= 11 is 0. The van der Waals surface area contributed by atoms with E-state index in [1.807, 2.05) is 0 Å².